The van der Waals surface area contributed by atoms with Crippen LogP contribution in [0, 0.1) is 0 Å². The molecule has 2 rings (SSSR count). The van der Waals surface area contributed by atoms with E-state index in [0.717, 1.165) is 11.1 Å². The number of nitrogens with one attached hydrogen (secondary N) is 1. The van der Waals surface area contributed by atoms with Crippen LogP contribution in [0.3, 0.4) is 0 Å². The van der Waals surface area contributed by atoms with Crippen molar-refractivity contribution >= 4 is 26.5 Å². The monoisotopic (exact) mass is 236 g/mol. The first-order valence-corrected chi connectivity index (χ1v) is 6.31. The second kappa shape index (κ2) is 3.77. The Labute approximate surface area is 94.1 Å². The van der Waals surface area contributed by atoms with Gasteiger partial charge in [-0.05, 0) is 12.1 Å². The fraction of sp³-hybridized carbons (Fsp3) is 0.0909. The molecule has 16 heavy (non-hydrogen) atoms. The highest BCUT2D eigenvalue weighted by molar-refractivity contribution is 7.89. The largest absolute Gasteiger partial charge is 0.388 e. The molecule has 3 N–H and O–H groups in total. The van der Waals surface area contributed by atoms with Crippen molar-refractivity contribution in [2.24, 2.45) is 5.14 Å². The number of primary sulfonamides is 1. The molecular formula is C11H12N2O2S. The van der Waals surface area contributed by atoms with Crippen LogP contribution in [-0.4, -0.2) is 15.5 Å². The third kappa shape index (κ3) is 1.75. The van der Waals surface area contributed by atoms with E-state index in [1.54, 1.807) is 25.2 Å². The van der Waals surface area contributed by atoms with Gasteiger partial charge in [-0.15, -0.1) is 0 Å². The molecule has 0 aliphatic rings. The van der Waals surface area contributed by atoms with E-state index in [1.807, 2.05) is 12.1 Å². The van der Waals surface area contributed by atoms with Gasteiger partial charge in [-0.25, -0.2) is 13.6 Å². The van der Waals surface area contributed by atoms with Crippen LogP contribution in [0.15, 0.2) is 41.3 Å². The molecule has 4 nitrogen and oxygen atoms in total. The zero-order valence-electron chi connectivity index (χ0n) is 8.77. The first-order chi connectivity index (χ1) is 7.54. The maximum Gasteiger partial charge on any atom is 0.238 e. The van der Waals surface area contributed by atoms with Crippen LogP contribution in [-0.2, 0) is 10.0 Å². The van der Waals surface area contributed by atoms with Crippen LogP contribution in [0.2, 0.25) is 0 Å². The van der Waals surface area contributed by atoms with Gasteiger partial charge < -0.3 is 5.32 Å². The third-order valence-corrected chi connectivity index (χ3v) is 3.43. The normalized spacial score (nSPS) is 11.6. The number of rotatable bonds is 2. The minimum atomic E-state index is -3.68. The smallest absolute Gasteiger partial charge is 0.238 e. The molecule has 0 heterocycles. The van der Waals surface area contributed by atoms with Crippen molar-refractivity contribution in [1.29, 1.82) is 0 Å². The Hall–Kier alpha value is -1.59. The summed E-state index contributed by atoms with van der Waals surface area (Å²) in [5.74, 6) is 0. The zero-order valence-corrected chi connectivity index (χ0v) is 9.58. The second-order valence-corrected chi connectivity index (χ2v) is 4.98. The molecule has 0 aliphatic carbocycles. The summed E-state index contributed by atoms with van der Waals surface area (Å²) in [6.07, 6.45) is 0. The van der Waals surface area contributed by atoms with E-state index < -0.39 is 10.0 Å². The molecule has 5 heteroatoms. The molecular weight excluding hydrogens is 224 g/mol. The van der Waals surface area contributed by atoms with Crippen molar-refractivity contribution < 1.29 is 8.42 Å². The fourth-order valence-electron chi connectivity index (χ4n) is 1.75. The molecule has 0 bridgehead atoms. The Bertz CT molecular complexity index is 635. The predicted molar refractivity (Wildman–Crippen MR) is 64.9 cm³/mol. The van der Waals surface area contributed by atoms with E-state index in [1.165, 1.54) is 6.07 Å². The minimum absolute atomic E-state index is 0.155. The summed E-state index contributed by atoms with van der Waals surface area (Å²) in [4.78, 5) is 0.155. The van der Waals surface area contributed by atoms with Crippen LogP contribution in [0.5, 0.6) is 0 Å². The van der Waals surface area contributed by atoms with Crippen LogP contribution >= 0.6 is 0 Å². The number of nitrogens with two attached hydrogens (primary N) is 1. The van der Waals surface area contributed by atoms with Gasteiger partial charge in [0.25, 0.3) is 0 Å². The zero-order chi connectivity index (χ0) is 11.8. The van der Waals surface area contributed by atoms with Gasteiger partial charge in [-0.2, -0.15) is 0 Å². The van der Waals surface area contributed by atoms with Gasteiger partial charge in [0.15, 0.2) is 0 Å². The van der Waals surface area contributed by atoms with Crippen LogP contribution < -0.4 is 10.5 Å². The second-order valence-electron chi connectivity index (χ2n) is 3.45. The van der Waals surface area contributed by atoms with Crippen molar-refractivity contribution in [3.8, 4) is 0 Å². The SMILES string of the molecule is CNc1cccc2c(S(N)(=O)=O)cccc12. The average molecular weight is 236 g/mol. The summed E-state index contributed by atoms with van der Waals surface area (Å²) in [5.41, 5.74) is 0.878. The minimum Gasteiger partial charge on any atom is -0.388 e. The Morgan fingerprint density at radius 2 is 1.69 bits per heavy atom. The molecule has 0 spiro atoms. The van der Waals surface area contributed by atoms with Crippen molar-refractivity contribution in [1.82, 2.24) is 0 Å². The number of hydrogen-bond donors (Lipinski definition) is 2. The highest BCUT2D eigenvalue weighted by Gasteiger charge is 2.12. The van der Waals surface area contributed by atoms with Crippen LogP contribution in [0.25, 0.3) is 10.8 Å². The first kappa shape index (κ1) is 10.9. The first-order valence-electron chi connectivity index (χ1n) is 4.76. The molecule has 0 aromatic heterocycles. The van der Waals surface area contributed by atoms with Crippen LogP contribution in [0.1, 0.15) is 0 Å². The highest BCUT2D eigenvalue weighted by Crippen LogP contribution is 2.27. The maximum atomic E-state index is 11.4. The lowest BCUT2D eigenvalue weighted by molar-refractivity contribution is 0.598. The molecule has 2 aromatic carbocycles. The van der Waals surface area contributed by atoms with Gasteiger partial charge in [0.05, 0.1) is 4.90 Å². The molecule has 0 saturated heterocycles. The molecule has 0 radical (unpaired) electrons. The van der Waals surface area contributed by atoms with E-state index >= 15 is 0 Å². The summed E-state index contributed by atoms with van der Waals surface area (Å²) >= 11 is 0. The standard InChI is InChI=1S/C11H12N2O2S/c1-13-10-6-2-5-9-8(10)4-3-7-11(9)16(12,14)15/h2-7,13H,1H3,(H2,12,14,15). The van der Waals surface area contributed by atoms with Gasteiger partial charge in [-0.1, -0.05) is 24.3 Å². The van der Waals surface area contributed by atoms with E-state index in [9.17, 15) is 8.42 Å². The summed E-state index contributed by atoms with van der Waals surface area (Å²) in [6, 6.07) is 10.5. The van der Waals surface area contributed by atoms with Gasteiger partial charge >= 0.3 is 0 Å². The van der Waals surface area contributed by atoms with Gasteiger partial charge in [0.2, 0.25) is 10.0 Å². The Morgan fingerprint density at radius 1 is 1.06 bits per heavy atom. The quantitative estimate of drug-likeness (QED) is 0.830. The Kier molecular flexibility index (Phi) is 2.57. The van der Waals surface area contributed by atoms with E-state index in [2.05, 4.69) is 5.32 Å². The number of sulfonamides is 1. The lowest BCUT2D eigenvalue weighted by Gasteiger charge is -2.08. The summed E-state index contributed by atoms with van der Waals surface area (Å²) in [6.45, 7) is 0. The number of fused-ring (bicyclic) bond motifs is 1. The summed E-state index contributed by atoms with van der Waals surface area (Å²) in [5, 5.41) is 9.66. The summed E-state index contributed by atoms with van der Waals surface area (Å²) in [7, 11) is -1.89. The van der Waals surface area contributed by atoms with E-state index in [4.69, 9.17) is 5.14 Å². The molecule has 0 aliphatic heterocycles. The highest BCUT2D eigenvalue weighted by atomic mass is 32.2. The molecule has 84 valence electrons. The van der Waals surface area contributed by atoms with Crippen molar-refractivity contribution in [2.45, 2.75) is 4.90 Å². The van der Waals surface area contributed by atoms with Crippen LogP contribution in [0.4, 0.5) is 5.69 Å². The molecule has 0 atom stereocenters. The summed E-state index contributed by atoms with van der Waals surface area (Å²) < 4.78 is 22.8. The number of anilines is 1. The average Bonchev–Trinajstić information content (AvgIpc) is 2.26. The lowest BCUT2D eigenvalue weighted by atomic mass is 10.1. The third-order valence-electron chi connectivity index (χ3n) is 2.46. The van der Waals surface area contributed by atoms with Gasteiger partial charge in [-0.3, -0.25) is 0 Å². The van der Waals surface area contributed by atoms with E-state index in [-0.39, 0.29) is 4.90 Å². The van der Waals surface area contributed by atoms with Crippen molar-refractivity contribution in [3.05, 3.63) is 36.4 Å². The van der Waals surface area contributed by atoms with Crippen molar-refractivity contribution in [2.75, 3.05) is 12.4 Å². The number of hydrogen-bond acceptors (Lipinski definition) is 3. The molecule has 0 saturated carbocycles. The topological polar surface area (TPSA) is 72.2 Å². The number of benzene rings is 2. The van der Waals surface area contributed by atoms with E-state index in [0.29, 0.717) is 5.39 Å². The predicted octanol–water partition coefficient (Wildman–Crippen LogP) is 1.53. The van der Waals surface area contributed by atoms with Gasteiger partial charge in [0.1, 0.15) is 0 Å². The Morgan fingerprint density at radius 3 is 2.31 bits per heavy atom. The maximum absolute atomic E-state index is 11.4. The molecule has 2 aromatic rings. The molecule has 0 fully saturated rings. The molecule has 0 amide bonds. The lowest BCUT2D eigenvalue weighted by Crippen LogP contribution is -2.12. The van der Waals surface area contributed by atoms with Gasteiger partial charge in [0, 0.05) is 23.5 Å². The fourth-order valence-corrected chi connectivity index (χ4v) is 2.50. The van der Waals surface area contributed by atoms with Crippen molar-refractivity contribution in [3.63, 3.8) is 0 Å². The molecule has 0 unspecified atom stereocenters. The Balaban J connectivity index is 2.90.